The Morgan fingerprint density at radius 2 is 1.84 bits per heavy atom. The summed E-state index contributed by atoms with van der Waals surface area (Å²) in [5.41, 5.74) is 1.57. The van der Waals surface area contributed by atoms with Gasteiger partial charge in [0.15, 0.2) is 0 Å². The van der Waals surface area contributed by atoms with Crippen molar-refractivity contribution >= 4 is 15.9 Å². The second-order valence-electron chi connectivity index (χ2n) is 5.79. The number of methoxy groups -OCH3 is 2. The number of ether oxygens (including phenoxy) is 2. The summed E-state index contributed by atoms with van der Waals surface area (Å²) in [5, 5.41) is 3.43. The van der Waals surface area contributed by atoms with Gasteiger partial charge in [0, 0.05) is 11.6 Å². The Bertz CT molecular complexity index is 473. The summed E-state index contributed by atoms with van der Waals surface area (Å²) >= 11 is 3.50. The smallest absolute Gasteiger partial charge is 0.133 e. The van der Waals surface area contributed by atoms with Crippen LogP contribution in [0.1, 0.15) is 31.9 Å². The van der Waals surface area contributed by atoms with Crippen LogP contribution in [0.4, 0.5) is 0 Å². The van der Waals surface area contributed by atoms with Crippen LogP contribution in [0.5, 0.6) is 11.5 Å². The van der Waals surface area contributed by atoms with Gasteiger partial charge in [-0.3, -0.25) is 0 Å². The van der Waals surface area contributed by atoms with Gasteiger partial charge in [0.25, 0.3) is 0 Å². The zero-order chi connectivity index (χ0) is 14.2. The highest BCUT2D eigenvalue weighted by Gasteiger charge is 2.50. The molecule has 1 fully saturated rings. The molecule has 0 radical (unpaired) electrons. The minimum atomic E-state index is 0.298. The summed E-state index contributed by atoms with van der Waals surface area (Å²) in [6.07, 6.45) is 1.24. The maximum atomic E-state index is 5.53. The lowest BCUT2D eigenvalue weighted by Gasteiger charge is -2.22. The quantitative estimate of drug-likeness (QED) is 0.892. The van der Waals surface area contributed by atoms with Crippen molar-refractivity contribution < 1.29 is 9.47 Å². The SMILES string of the molecule is CNC(c1cc(OC)c(Br)cc1OC)C1CC1(C)C. The highest BCUT2D eigenvalue weighted by Crippen LogP contribution is 2.58. The van der Waals surface area contributed by atoms with Gasteiger partial charge in [0.1, 0.15) is 11.5 Å². The van der Waals surface area contributed by atoms with Crippen molar-refractivity contribution in [3.63, 3.8) is 0 Å². The molecule has 0 spiro atoms. The second kappa shape index (κ2) is 5.33. The van der Waals surface area contributed by atoms with Crippen LogP contribution in [0.2, 0.25) is 0 Å². The van der Waals surface area contributed by atoms with Gasteiger partial charge in [0.05, 0.1) is 18.7 Å². The number of hydrogen-bond donors (Lipinski definition) is 1. The van der Waals surface area contributed by atoms with Crippen LogP contribution in [0.25, 0.3) is 0 Å². The predicted octanol–water partition coefficient (Wildman–Crippen LogP) is 3.77. The summed E-state index contributed by atoms with van der Waals surface area (Å²) < 4.78 is 11.8. The van der Waals surface area contributed by atoms with E-state index in [4.69, 9.17) is 9.47 Å². The van der Waals surface area contributed by atoms with Crippen molar-refractivity contribution in [1.82, 2.24) is 5.32 Å². The highest BCUT2D eigenvalue weighted by atomic mass is 79.9. The largest absolute Gasteiger partial charge is 0.496 e. The molecule has 1 aliphatic carbocycles. The van der Waals surface area contributed by atoms with Gasteiger partial charge in [-0.25, -0.2) is 0 Å². The van der Waals surface area contributed by atoms with Crippen molar-refractivity contribution in [3.05, 3.63) is 22.2 Å². The van der Waals surface area contributed by atoms with Crippen LogP contribution in [0, 0.1) is 11.3 Å². The number of rotatable bonds is 5. The fourth-order valence-corrected chi connectivity index (χ4v) is 3.26. The Morgan fingerprint density at radius 3 is 2.26 bits per heavy atom. The summed E-state index contributed by atoms with van der Waals surface area (Å²) in [4.78, 5) is 0. The van der Waals surface area contributed by atoms with Gasteiger partial charge < -0.3 is 14.8 Å². The average molecular weight is 328 g/mol. The maximum absolute atomic E-state index is 5.53. The van der Waals surface area contributed by atoms with Crippen LogP contribution in [-0.2, 0) is 0 Å². The fraction of sp³-hybridized carbons (Fsp3) is 0.600. The molecule has 0 aromatic heterocycles. The minimum absolute atomic E-state index is 0.298. The molecule has 1 aromatic rings. The van der Waals surface area contributed by atoms with Crippen molar-refractivity contribution in [2.24, 2.45) is 11.3 Å². The lowest BCUT2D eigenvalue weighted by Crippen LogP contribution is -2.21. The van der Waals surface area contributed by atoms with E-state index >= 15 is 0 Å². The van der Waals surface area contributed by atoms with E-state index in [1.165, 1.54) is 12.0 Å². The van der Waals surface area contributed by atoms with Gasteiger partial charge in [-0.1, -0.05) is 13.8 Å². The summed E-state index contributed by atoms with van der Waals surface area (Å²) in [6.45, 7) is 4.62. The molecule has 2 atom stereocenters. The molecule has 1 aromatic carbocycles. The van der Waals surface area contributed by atoms with E-state index < -0.39 is 0 Å². The first kappa shape index (κ1) is 14.7. The standard InChI is InChI=1S/C15H22BrNO2/c1-15(2)8-10(15)14(17-3)9-6-13(19-5)11(16)7-12(9)18-4/h6-7,10,14,17H,8H2,1-5H3. The molecule has 106 valence electrons. The van der Waals surface area contributed by atoms with E-state index in [2.05, 4.69) is 41.2 Å². The Labute approximate surface area is 123 Å². The van der Waals surface area contributed by atoms with Gasteiger partial charge in [-0.2, -0.15) is 0 Å². The third kappa shape index (κ3) is 2.75. The van der Waals surface area contributed by atoms with E-state index in [-0.39, 0.29) is 0 Å². The Morgan fingerprint density at radius 1 is 1.26 bits per heavy atom. The number of nitrogens with one attached hydrogen (secondary N) is 1. The van der Waals surface area contributed by atoms with Gasteiger partial charge in [-0.15, -0.1) is 0 Å². The van der Waals surface area contributed by atoms with Crippen molar-refractivity contribution in [2.75, 3.05) is 21.3 Å². The molecule has 0 saturated heterocycles. The van der Waals surface area contributed by atoms with Crippen LogP contribution in [0.3, 0.4) is 0 Å². The maximum Gasteiger partial charge on any atom is 0.133 e. The molecule has 2 rings (SSSR count). The molecular weight excluding hydrogens is 306 g/mol. The molecule has 0 amide bonds. The summed E-state index contributed by atoms with van der Waals surface area (Å²) in [5.74, 6) is 2.38. The average Bonchev–Trinajstić information content (AvgIpc) is 3.00. The Balaban J connectivity index is 2.41. The van der Waals surface area contributed by atoms with E-state index in [1.807, 2.05) is 13.1 Å². The monoisotopic (exact) mass is 327 g/mol. The normalized spacial score (nSPS) is 21.9. The lowest BCUT2D eigenvalue weighted by atomic mass is 9.96. The molecule has 1 saturated carbocycles. The van der Waals surface area contributed by atoms with Gasteiger partial charge >= 0.3 is 0 Å². The third-order valence-corrected chi connectivity index (χ3v) is 4.76. The van der Waals surface area contributed by atoms with Crippen molar-refractivity contribution in [1.29, 1.82) is 0 Å². The number of halogens is 1. The number of hydrogen-bond acceptors (Lipinski definition) is 3. The predicted molar refractivity (Wildman–Crippen MR) is 80.9 cm³/mol. The summed E-state index contributed by atoms with van der Waals surface area (Å²) in [6, 6.07) is 4.35. The molecule has 0 bridgehead atoms. The molecule has 1 N–H and O–H groups in total. The Hall–Kier alpha value is -0.740. The zero-order valence-electron chi connectivity index (χ0n) is 12.2. The molecular formula is C15H22BrNO2. The molecule has 19 heavy (non-hydrogen) atoms. The van der Waals surface area contributed by atoms with E-state index in [0.717, 1.165) is 16.0 Å². The molecule has 3 nitrogen and oxygen atoms in total. The fourth-order valence-electron chi connectivity index (χ4n) is 2.78. The van der Waals surface area contributed by atoms with E-state index in [1.54, 1.807) is 14.2 Å². The van der Waals surface area contributed by atoms with Gasteiger partial charge in [0.2, 0.25) is 0 Å². The van der Waals surface area contributed by atoms with Crippen LogP contribution in [-0.4, -0.2) is 21.3 Å². The second-order valence-corrected chi connectivity index (χ2v) is 6.65. The van der Waals surface area contributed by atoms with Crippen molar-refractivity contribution in [2.45, 2.75) is 26.3 Å². The third-order valence-electron chi connectivity index (χ3n) is 4.14. The molecule has 0 aliphatic heterocycles. The summed E-state index contributed by atoms with van der Waals surface area (Å²) in [7, 11) is 5.40. The number of benzene rings is 1. The molecule has 2 unspecified atom stereocenters. The molecule has 4 heteroatoms. The van der Waals surface area contributed by atoms with E-state index in [0.29, 0.717) is 17.4 Å². The zero-order valence-corrected chi connectivity index (χ0v) is 13.8. The lowest BCUT2D eigenvalue weighted by molar-refractivity contribution is 0.375. The highest BCUT2D eigenvalue weighted by molar-refractivity contribution is 9.10. The van der Waals surface area contributed by atoms with Crippen molar-refractivity contribution in [3.8, 4) is 11.5 Å². The first-order valence-electron chi connectivity index (χ1n) is 6.53. The van der Waals surface area contributed by atoms with Crippen LogP contribution < -0.4 is 14.8 Å². The minimum Gasteiger partial charge on any atom is -0.496 e. The van der Waals surface area contributed by atoms with E-state index in [9.17, 15) is 0 Å². The Kier molecular flexibility index (Phi) is 4.11. The topological polar surface area (TPSA) is 30.5 Å². The molecule has 0 heterocycles. The van der Waals surface area contributed by atoms with Crippen LogP contribution >= 0.6 is 15.9 Å². The first-order chi connectivity index (χ1) is 8.94. The van der Waals surface area contributed by atoms with Crippen LogP contribution in [0.15, 0.2) is 16.6 Å². The molecule has 1 aliphatic rings. The van der Waals surface area contributed by atoms with Gasteiger partial charge in [-0.05, 0) is 52.9 Å². The first-order valence-corrected chi connectivity index (χ1v) is 7.32.